The van der Waals surface area contributed by atoms with Gasteiger partial charge in [0.15, 0.2) is 0 Å². The zero-order valence-corrected chi connectivity index (χ0v) is 19.8. The van der Waals surface area contributed by atoms with Crippen LogP contribution in [-0.2, 0) is 25.7 Å². The molecule has 3 rings (SSSR count). The minimum atomic E-state index is -1.14. The van der Waals surface area contributed by atoms with Crippen molar-refractivity contribution in [3.8, 4) is 0 Å². The number of nitrogens with two attached hydrogens (primary N) is 1. The van der Waals surface area contributed by atoms with Gasteiger partial charge < -0.3 is 20.7 Å². The van der Waals surface area contributed by atoms with E-state index >= 15 is 0 Å². The Morgan fingerprint density at radius 3 is 2.59 bits per heavy atom. The maximum atomic E-state index is 13.3. The predicted molar refractivity (Wildman–Crippen MR) is 123 cm³/mol. The van der Waals surface area contributed by atoms with Gasteiger partial charge >= 0.3 is 0 Å². The first-order chi connectivity index (χ1) is 14.5. The molecule has 0 radical (unpaired) electrons. The molecule has 176 valence electrons. The molecule has 2 aliphatic rings. The number of piperidine rings is 1. The maximum Gasteiger partial charge on any atom is 0.255 e. The molecule has 0 aromatic heterocycles. The molecular formula is C22H32ClN5O4. The number of hydrogen-bond acceptors (Lipinski definition) is 6. The van der Waals surface area contributed by atoms with Gasteiger partial charge in [-0.05, 0) is 26.3 Å². The zero-order chi connectivity index (χ0) is 22.8. The Hall–Kier alpha value is -2.49. The van der Waals surface area contributed by atoms with Crippen LogP contribution >= 0.6 is 12.4 Å². The van der Waals surface area contributed by atoms with Crippen molar-refractivity contribution in [3.63, 3.8) is 0 Å². The molecule has 2 atom stereocenters. The average molecular weight is 466 g/mol. The van der Waals surface area contributed by atoms with E-state index < -0.39 is 22.9 Å². The molecule has 0 saturated carbocycles. The van der Waals surface area contributed by atoms with Crippen LogP contribution in [0.3, 0.4) is 0 Å². The molecule has 1 unspecified atom stereocenters. The lowest BCUT2D eigenvalue weighted by molar-refractivity contribution is -0.143. The minimum absolute atomic E-state index is 0. The second-order valence-electron chi connectivity index (χ2n) is 8.97. The van der Waals surface area contributed by atoms with Crippen LogP contribution in [0, 0.1) is 5.41 Å². The third-order valence-electron chi connectivity index (χ3n) is 5.70. The van der Waals surface area contributed by atoms with Crippen molar-refractivity contribution < 1.29 is 19.1 Å². The Bertz CT molecular complexity index is 886. The Kier molecular flexibility index (Phi) is 8.03. The van der Waals surface area contributed by atoms with Crippen LogP contribution in [0.25, 0.3) is 0 Å². The molecule has 3 amide bonds. The number of nitrogens with zero attached hydrogens (tertiary/aromatic N) is 3. The third kappa shape index (κ3) is 5.46. The topological polar surface area (TPSA) is 117 Å². The Morgan fingerprint density at radius 2 is 1.97 bits per heavy atom. The predicted octanol–water partition coefficient (Wildman–Crippen LogP) is 0.914. The molecule has 0 aliphatic carbocycles. The third-order valence-corrected chi connectivity index (χ3v) is 5.70. The second kappa shape index (κ2) is 9.97. The van der Waals surface area contributed by atoms with Crippen molar-refractivity contribution in [2.45, 2.75) is 45.4 Å². The number of likely N-dealkylation sites (tertiary alicyclic amines) is 1. The number of hydrogen-bond donors (Lipinski definition) is 2. The number of benzene rings is 1. The summed E-state index contributed by atoms with van der Waals surface area (Å²) in [6.45, 7) is 5.90. The van der Waals surface area contributed by atoms with E-state index in [1.165, 1.54) is 5.01 Å². The molecule has 3 N–H and O–H groups in total. The number of fused-ring (bicyclic) bond motifs is 1. The van der Waals surface area contributed by atoms with Gasteiger partial charge in [-0.1, -0.05) is 30.3 Å². The Morgan fingerprint density at radius 1 is 1.31 bits per heavy atom. The fraction of sp³-hybridized carbons (Fsp3) is 0.545. The summed E-state index contributed by atoms with van der Waals surface area (Å²) in [4.78, 5) is 40.0. The number of nitrogens with one attached hydrogen (secondary N) is 1. The number of ether oxygens (including phenoxy) is 1. The summed E-state index contributed by atoms with van der Waals surface area (Å²) in [6.07, 6.45) is 0.506. The fourth-order valence-electron chi connectivity index (χ4n) is 3.80. The van der Waals surface area contributed by atoms with E-state index in [2.05, 4.69) is 10.4 Å². The fourth-order valence-corrected chi connectivity index (χ4v) is 3.80. The highest BCUT2D eigenvalue weighted by molar-refractivity contribution is 6.13. The lowest BCUT2D eigenvalue weighted by atomic mass is 9.79. The first-order valence-corrected chi connectivity index (χ1v) is 10.4. The summed E-state index contributed by atoms with van der Waals surface area (Å²) in [5.41, 5.74) is 5.67. The van der Waals surface area contributed by atoms with E-state index in [1.807, 2.05) is 30.3 Å². The summed E-state index contributed by atoms with van der Waals surface area (Å²) in [5.74, 6) is -0.881. The van der Waals surface area contributed by atoms with E-state index in [9.17, 15) is 14.4 Å². The second-order valence-corrected chi connectivity index (χ2v) is 8.97. The van der Waals surface area contributed by atoms with E-state index in [0.29, 0.717) is 19.6 Å². The van der Waals surface area contributed by atoms with Gasteiger partial charge in [-0.25, -0.2) is 5.01 Å². The molecule has 10 heteroatoms. The number of carbonyl (C=O) groups is 3. The molecule has 1 fully saturated rings. The highest BCUT2D eigenvalue weighted by atomic mass is 35.5. The normalized spacial score (nSPS) is 21.4. The number of hydrazone groups is 1. The van der Waals surface area contributed by atoms with Gasteiger partial charge in [-0.3, -0.25) is 14.4 Å². The summed E-state index contributed by atoms with van der Waals surface area (Å²) >= 11 is 0. The molecule has 0 spiro atoms. The number of amides is 3. The van der Waals surface area contributed by atoms with Gasteiger partial charge in [0.05, 0.1) is 24.5 Å². The Labute approximate surface area is 194 Å². The van der Waals surface area contributed by atoms with Crippen LogP contribution in [0.4, 0.5) is 0 Å². The maximum absolute atomic E-state index is 13.3. The Balaban J connectivity index is 0.00000363. The van der Waals surface area contributed by atoms with Crippen molar-refractivity contribution in [3.05, 3.63) is 35.9 Å². The summed E-state index contributed by atoms with van der Waals surface area (Å²) in [7, 11) is 1.62. The molecule has 32 heavy (non-hydrogen) atoms. The van der Waals surface area contributed by atoms with Gasteiger partial charge in [0.2, 0.25) is 11.8 Å². The first-order valence-electron chi connectivity index (χ1n) is 10.4. The van der Waals surface area contributed by atoms with E-state index in [1.54, 1.807) is 32.7 Å². The van der Waals surface area contributed by atoms with Crippen LogP contribution in [0.5, 0.6) is 0 Å². The van der Waals surface area contributed by atoms with Crippen LogP contribution < -0.4 is 11.1 Å². The monoisotopic (exact) mass is 465 g/mol. The van der Waals surface area contributed by atoms with Crippen molar-refractivity contribution in [2.24, 2.45) is 16.3 Å². The van der Waals surface area contributed by atoms with Gasteiger partial charge in [0.25, 0.3) is 5.91 Å². The smallest absolute Gasteiger partial charge is 0.255 e. The number of halogens is 1. The van der Waals surface area contributed by atoms with Gasteiger partial charge in [-0.15, -0.1) is 12.4 Å². The lowest BCUT2D eigenvalue weighted by Crippen LogP contribution is -2.60. The molecule has 1 aromatic carbocycles. The summed E-state index contributed by atoms with van der Waals surface area (Å²) < 4.78 is 5.76. The lowest BCUT2D eigenvalue weighted by Gasteiger charge is -2.38. The largest absolute Gasteiger partial charge is 0.374 e. The number of carbonyl (C=O) groups excluding carboxylic acids is 3. The SMILES string of the molecule is CN1N=C2CCN(C(=O)[C@@H](COCc3ccccc3)NC(=O)C(C)(C)N)CC2(C)C1=O.Cl. The summed E-state index contributed by atoms with van der Waals surface area (Å²) in [6, 6.07) is 8.66. The standard InChI is InChI=1S/C22H31N5O4.ClH/c1-21(2,23)19(29)24-16(13-31-12-15-8-6-5-7-9-15)18(28)27-11-10-17-22(3,14-27)20(30)26(4)25-17;/h5-9,16H,10-14,23H2,1-4H3,(H,24,29);1H/t16-,22?;/m1./s1. The highest BCUT2D eigenvalue weighted by Crippen LogP contribution is 2.34. The average Bonchev–Trinajstić information content (AvgIpc) is 2.95. The van der Waals surface area contributed by atoms with E-state index in [0.717, 1.165) is 11.3 Å². The van der Waals surface area contributed by atoms with Crippen LogP contribution in [-0.4, -0.2) is 71.7 Å². The van der Waals surface area contributed by atoms with Gasteiger partial charge in [0.1, 0.15) is 11.5 Å². The molecule has 2 heterocycles. The zero-order valence-electron chi connectivity index (χ0n) is 19.0. The van der Waals surface area contributed by atoms with Gasteiger partial charge in [0, 0.05) is 26.6 Å². The van der Waals surface area contributed by atoms with Crippen LogP contribution in [0.1, 0.15) is 32.8 Å². The first kappa shape index (κ1) is 25.8. The highest BCUT2D eigenvalue weighted by Gasteiger charge is 2.50. The number of rotatable bonds is 7. The van der Waals surface area contributed by atoms with Crippen LogP contribution in [0.15, 0.2) is 35.4 Å². The van der Waals surface area contributed by atoms with E-state index in [4.69, 9.17) is 10.5 Å². The van der Waals surface area contributed by atoms with Crippen molar-refractivity contribution in [1.82, 2.24) is 15.2 Å². The quantitative estimate of drug-likeness (QED) is 0.620. The van der Waals surface area contributed by atoms with Crippen LogP contribution in [0.2, 0.25) is 0 Å². The molecular weight excluding hydrogens is 434 g/mol. The summed E-state index contributed by atoms with van der Waals surface area (Å²) in [5, 5.41) is 8.38. The molecule has 1 aromatic rings. The van der Waals surface area contributed by atoms with E-state index in [-0.39, 0.29) is 37.4 Å². The van der Waals surface area contributed by atoms with Crippen molar-refractivity contribution >= 4 is 35.8 Å². The molecule has 0 bridgehead atoms. The minimum Gasteiger partial charge on any atom is -0.374 e. The van der Waals surface area contributed by atoms with Crippen molar-refractivity contribution in [2.75, 3.05) is 26.7 Å². The van der Waals surface area contributed by atoms with Crippen molar-refractivity contribution in [1.29, 1.82) is 0 Å². The molecule has 1 saturated heterocycles. The molecule has 2 aliphatic heterocycles. The van der Waals surface area contributed by atoms with Gasteiger partial charge in [-0.2, -0.15) is 5.10 Å². The molecule has 9 nitrogen and oxygen atoms in total.